The number of hydrogen-bond acceptors (Lipinski definition) is 7. The Balaban J connectivity index is 1.66. The molecular formula is C18H18N6O5. The summed E-state index contributed by atoms with van der Waals surface area (Å²) in [5.74, 6) is -0.842. The van der Waals surface area contributed by atoms with E-state index in [1.165, 1.54) is 24.9 Å². The molecule has 11 heteroatoms. The number of aromatic nitrogens is 4. The van der Waals surface area contributed by atoms with Crippen molar-refractivity contribution < 1.29 is 19.2 Å². The first-order valence-electron chi connectivity index (χ1n) is 8.54. The van der Waals surface area contributed by atoms with Crippen molar-refractivity contribution in [1.82, 2.24) is 19.6 Å². The van der Waals surface area contributed by atoms with Gasteiger partial charge in [0, 0.05) is 6.20 Å². The van der Waals surface area contributed by atoms with Crippen molar-refractivity contribution in [2.45, 2.75) is 20.0 Å². The van der Waals surface area contributed by atoms with Gasteiger partial charge in [0.1, 0.15) is 18.4 Å². The summed E-state index contributed by atoms with van der Waals surface area (Å²) < 4.78 is 7.60. The van der Waals surface area contributed by atoms with Gasteiger partial charge in [0.25, 0.3) is 0 Å². The maximum absolute atomic E-state index is 12.2. The molecule has 0 unspecified atom stereocenters. The minimum atomic E-state index is -0.549. The number of nitrogens with zero attached hydrogens (tertiary/aromatic N) is 5. The van der Waals surface area contributed by atoms with E-state index >= 15 is 0 Å². The van der Waals surface area contributed by atoms with Crippen LogP contribution in [-0.4, -0.2) is 43.5 Å². The molecule has 150 valence electrons. The largest absolute Gasteiger partial charge is 0.465 e. The van der Waals surface area contributed by atoms with E-state index in [1.54, 1.807) is 35.1 Å². The highest BCUT2D eigenvalue weighted by Gasteiger charge is 2.18. The van der Waals surface area contributed by atoms with Gasteiger partial charge in [0.15, 0.2) is 0 Å². The molecule has 0 aliphatic rings. The number of rotatable bonds is 7. The van der Waals surface area contributed by atoms with E-state index in [0.29, 0.717) is 23.5 Å². The van der Waals surface area contributed by atoms with Gasteiger partial charge in [0.2, 0.25) is 5.91 Å². The summed E-state index contributed by atoms with van der Waals surface area (Å²) in [7, 11) is 1.32. The van der Waals surface area contributed by atoms with Gasteiger partial charge in [-0.3, -0.25) is 24.3 Å². The first-order chi connectivity index (χ1) is 13.9. The van der Waals surface area contributed by atoms with Gasteiger partial charge >= 0.3 is 11.7 Å². The van der Waals surface area contributed by atoms with Crippen molar-refractivity contribution in [1.29, 1.82) is 0 Å². The van der Waals surface area contributed by atoms with Crippen LogP contribution in [0.5, 0.6) is 0 Å². The Morgan fingerprint density at radius 3 is 2.69 bits per heavy atom. The molecule has 0 atom stereocenters. The zero-order valence-corrected chi connectivity index (χ0v) is 15.7. The Labute approximate surface area is 165 Å². The van der Waals surface area contributed by atoms with Crippen molar-refractivity contribution in [3.8, 4) is 0 Å². The molecule has 2 aromatic heterocycles. The summed E-state index contributed by atoms with van der Waals surface area (Å²) in [6, 6.07) is 7.00. The number of nitrogens with one attached hydrogen (secondary N) is 1. The van der Waals surface area contributed by atoms with Crippen LogP contribution in [0.4, 0.5) is 11.4 Å². The molecule has 11 nitrogen and oxygen atoms in total. The Hall–Kier alpha value is -4.02. The average molecular weight is 398 g/mol. The van der Waals surface area contributed by atoms with Crippen LogP contribution in [0.3, 0.4) is 0 Å². The third-order valence-corrected chi connectivity index (χ3v) is 4.24. The molecule has 1 N–H and O–H groups in total. The van der Waals surface area contributed by atoms with Gasteiger partial charge in [-0.1, -0.05) is 18.2 Å². The second kappa shape index (κ2) is 8.33. The first kappa shape index (κ1) is 19.7. The molecule has 0 spiro atoms. The Bertz CT molecular complexity index is 1070. The van der Waals surface area contributed by atoms with Crippen molar-refractivity contribution >= 4 is 23.3 Å². The summed E-state index contributed by atoms with van der Waals surface area (Å²) >= 11 is 0. The van der Waals surface area contributed by atoms with Gasteiger partial charge < -0.3 is 10.1 Å². The fourth-order valence-corrected chi connectivity index (χ4v) is 2.77. The number of amides is 1. The maximum atomic E-state index is 12.2. The van der Waals surface area contributed by atoms with E-state index < -0.39 is 16.8 Å². The number of ether oxygens (including phenoxy) is 1. The quantitative estimate of drug-likeness (QED) is 0.364. The molecule has 1 aromatic carbocycles. The second-order valence-corrected chi connectivity index (χ2v) is 6.15. The number of carbonyl (C=O) groups is 2. The smallest absolute Gasteiger partial charge is 0.338 e. The topological polar surface area (TPSA) is 134 Å². The van der Waals surface area contributed by atoms with Gasteiger partial charge in [0.05, 0.1) is 36.0 Å². The summed E-state index contributed by atoms with van der Waals surface area (Å²) in [5.41, 5.74) is 1.76. The van der Waals surface area contributed by atoms with Crippen LogP contribution < -0.4 is 5.32 Å². The molecule has 0 saturated heterocycles. The molecule has 1 amide bonds. The molecule has 0 fully saturated rings. The van der Waals surface area contributed by atoms with Crippen molar-refractivity contribution in [3.05, 3.63) is 69.8 Å². The summed E-state index contributed by atoms with van der Waals surface area (Å²) in [4.78, 5) is 34.4. The van der Waals surface area contributed by atoms with E-state index in [9.17, 15) is 19.7 Å². The molecule has 0 saturated carbocycles. The van der Waals surface area contributed by atoms with E-state index in [4.69, 9.17) is 4.74 Å². The fraction of sp³-hybridized carbons (Fsp3) is 0.222. The highest BCUT2D eigenvalue weighted by molar-refractivity contribution is 5.91. The molecule has 0 radical (unpaired) electrons. The lowest BCUT2D eigenvalue weighted by Crippen LogP contribution is -2.20. The second-order valence-electron chi connectivity index (χ2n) is 6.15. The van der Waals surface area contributed by atoms with Gasteiger partial charge in [-0.05, 0) is 18.6 Å². The van der Waals surface area contributed by atoms with Crippen LogP contribution in [0.2, 0.25) is 0 Å². The third kappa shape index (κ3) is 4.46. The predicted octanol–water partition coefficient (Wildman–Crippen LogP) is 1.77. The normalized spacial score (nSPS) is 10.6. The zero-order chi connectivity index (χ0) is 21.0. The lowest BCUT2D eigenvalue weighted by Gasteiger charge is -2.07. The fourth-order valence-electron chi connectivity index (χ4n) is 2.77. The van der Waals surface area contributed by atoms with Crippen LogP contribution >= 0.6 is 0 Å². The van der Waals surface area contributed by atoms with Crippen molar-refractivity contribution in [2.24, 2.45) is 0 Å². The molecule has 29 heavy (non-hydrogen) atoms. The number of methoxy groups -OCH3 is 1. The number of esters is 1. The van der Waals surface area contributed by atoms with Gasteiger partial charge in [-0.15, -0.1) is 0 Å². The molecule has 2 heterocycles. The lowest BCUT2D eigenvalue weighted by molar-refractivity contribution is -0.385. The SMILES string of the molecule is COC(=O)c1ccccc1Cn1cc(NC(=O)Cn2ncc([N+](=O)[O-])c2C)cn1. The van der Waals surface area contributed by atoms with Crippen LogP contribution in [0.25, 0.3) is 0 Å². The Morgan fingerprint density at radius 1 is 1.24 bits per heavy atom. The highest BCUT2D eigenvalue weighted by atomic mass is 16.6. The van der Waals surface area contributed by atoms with E-state index in [0.717, 1.165) is 11.8 Å². The number of carbonyl (C=O) groups excluding carboxylic acids is 2. The summed E-state index contributed by atoms with van der Waals surface area (Å²) in [5, 5.41) is 21.6. The molecule has 0 aliphatic carbocycles. The van der Waals surface area contributed by atoms with Crippen molar-refractivity contribution in [3.63, 3.8) is 0 Å². The Kier molecular flexibility index (Phi) is 5.67. The van der Waals surface area contributed by atoms with E-state index in [-0.39, 0.29) is 12.2 Å². The first-order valence-corrected chi connectivity index (χ1v) is 8.54. The van der Waals surface area contributed by atoms with Gasteiger partial charge in [-0.25, -0.2) is 4.79 Å². The monoisotopic (exact) mass is 398 g/mol. The zero-order valence-electron chi connectivity index (χ0n) is 15.7. The highest BCUT2D eigenvalue weighted by Crippen LogP contribution is 2.16. The van der Waals surface area contributed by atoms with Crippen LogP contribution in [0, 0.1) is 17.0 Å². The molecule has 3 aromatic rings. The van der Waals surface area contributed by atoms with E-state index in [1.807, 2.05) is 0 Å². The summed E-state index contributed by atoms with van der Waals surface area (Å²) in [6.45, 7) is 1.66. The number of benzene rings is 1. The number of anilines is 1. The molecule has 0 aliphatic heterocycles. The number of nitro groups is 1. The van der Waals surface area contributed by atoms with Crippen LogP contribution in [0.15, 0.2) is 42.9 Å². The molecule has 3 rings (SSSR count). The van der Waals surface area contributed by atoms with Crippen LogP contribution in [-0.2, 0) is 22.6 Å². The lowest BCUT2D eigenvalue weighted by atomic mass is 10.1. The van der Waals surface area contributed by atoms with Crippen molar-refractivity contribution in [2.75, 3.05) is 12.4 Å². The van der Waals surface area contributed by atoms with Gasteiger partial charge in [-0.2, -0.15) is 10.2 Å². The summed E-state index contributed by atoms with van der Waals surface area (Å²) in [6.07, 6.45) is 4.20. The maximum Gasteiger partial charge on any atom is 0.338 e. The van der Waals surface area contributed by atoms with Crippen LogP contribution in [0.1, 0.15) is 21.6 Å². The average Bonchev–Trinajstić information content (AvgIpc) is 3.28. The Morgan fingerprint density at radius 2 is 2.00 bits per heavy atom. The van der Waals surface area contributed by atoms with E-state index in [2.05, 4.69) is 15.5 Å². The predicted molar refractivity (Wildman–Crippen MR) is 101 cm³/mol. The minimum Gasteiger partial charge on any atom is -0.465 e. The minimum absolute atomic E-state index is 0.144. The number of hydrogen-bond donors (Lipinski definition) is 1. The standard InChI is InChI=1S/C18H18N6O5/c1-12-16(24(27)28)8-20-23(12)11-17(25)21-14-7-19-22(10-14)9-13-5-3-4-6-15(13)18(26)29-2/h3-8,10H,9,11H2,1-2H3,(H,21,25). The molecular weight excluding hydrogens is 380 g/mol. The third-order valence-electron chi connectivity index (χ3n) is 4.24. The molecule has 0 bridgehead atoms.